The van der Waals surface area contributed by atoms with Crippen LogP contribution in [-0.2, 0) is 5.41 Å². The molecule has 0 saturated heterocycles. The first kappa shape index (κ1) is 11.6. The van der Waals surface area contributed by atoms with Crippen LogP contribution in [0.5, 0.6) is 0 Å². The molecule has 0 aliphatic heterocycles. The Bertz CT molecular complexity index is 503. The lowest BCUT2D eigenvalue weighted by molar-refractivity contribution is 0.354. The number of nitrogens with two attached hydrogens (primary N) is 1. The molecular weight excluding hydrogens is 268 g/mol. The zero-order valence-corrected chi connectivity index (χ0v) is 11.0. The van der Waals surface area contributed by atoms with Crippen molar-refractivity contribution in [2.24, 2.45) is 5.73 Å². The van der Waals surface area contributed by atoms with Crippen molar-refractivity contribution in [1.82, 2.24) is 4.98 Å². The van der Waals surface area contributed by atoms with Crippen LogP contribution in [0.15, 0.2) is 27.1 Å². The van der Waals surface area contributed by atoms with E-state index in [1.807, 2.05) is 18.2 Å². The fourth-order valence-electron chi connectivity index (χ4n) is 1.54. The average molecular weight is 283 g/mol. The van der Waals surface area contributed by atoms with Crippen LogP contribution in [0.4, 0.5) is 0 Å². The highest BCUT2D eigenvalue weighted by Gasteiger charge is 2.28. The molecule has 1 unspecified atom stereocenters. The van der Waals surface area contributed by atoms with Crippen LogP contribution < -0.4 is 5.73 Å². The molecule has 16 heavy (non-hydrogen) atoms. The van der Waals surface area contributed by atoms with Gasteiger partial charge in [-0.3, -0.25) is 0 Å². The highest BCUT2D eigenvalue weighted by molar-refractivity contribution is 9.10. The minimum atomic E-state index is -0.175. The molecule has 0 bridgehead atoms. The van der Waals surface area contributed by atoms with Crippen LogP contribution in [0.3, 0.4) is 0 Å². The molecule has 2 N–H and O–H groups in total. The molecule has 0 saturated carbocycles. The summed E-state index contributed by atoms with van der Waals surface area (Å²) in [6.45, 7) is 4.71. The second kappa shape index (κ2) is 4.18. The highest BCUT2D eigenvalue weighted by atomic mass is 79.9. The van der Waals surface area contributed by atoms with Gasteiger partial charge in [0.2, 0.25) is 5.89 Å². The molecule has 0 aliphatic carbocycles. The van der Waals surface area contributed by atoms with Crippen molar-refractivity contribution < 1.29 is 4.42 Å². The molecular formula is C12H15BrN2O. The molecule has 86 valence electrons. The van der Waals surface area contributed by atoms with E-state index in [9.17, 15) is 0 Å². The van der Waals surface area contributed by atoms with E-state index in [1.54, 1.807) is 0 Å². The summed E-state index contributed by atoms with van der Waals surface area (Å²) in [5.74, 6) is 0.727. The molecule has 1 aromatic heterocycles. The van der Waals surface area contributed by atoms with Gasteiger partial charge >= 0.3 is 0 Å². The highest BCUT2D eigenvalue weighted by Crippen LogP contribution is 2.29. The molecule has 1 aromatic carbocycles. The Labute approximate surface area is 103 Å². The molecule has 1 atom stereocenters. The van der Waals surface area contributed by atoms with E-state index < -0.39 is 0 Å². The van der Waals surface area contributed by atoms with E-state index in [2.05, 4.69) is 34.8 Å². The van der Waals surface area contributed by atoms with E-state index in [-0.39, 0.29) is 5.41 Å². The maximum absolute atomic E-state index is 5.79. The molecule has 3 nitrogen and oxygen atoms in total. The second-order valence-corrected chi connectivity index (χ2v) is 5.17. The summed E-state index contributed by atoms with van der Waals surface area (Å²) in [5.41, 5.74) is 7.30. The molecule has 4 heteroatoms. The number of aromatic nitrogens is 1. The van der Waals surface area contributed by atoms with Crippen molar-refractivity contribution in [1.29, 1.82) is 0 Å². The van der Waals surface area contributed by atoms with Gasteiger partial charge in [-0.2, -0.15) is 0 Å². The minimum Gasteiger partial charge on any atom is -0.440 e. The van der Waals surface area contributed by atoms with E-state index in [0.717, 1.165) is 27.9 Å². The van der Waals surface area contributed by atoms with Gasteiger partial charge in [-0.15, -0.1) is 0 Å². The zero-order chi connectivity index (χ0) is 11.8. The number of oxazole rings is 1. The lowest BCUT2D eigenvalue weighted by Gasteiger charge is -2.21. The van der Waals surface area contributed by atoms with Crippen LogP contribution >= 0.6 is 15.9 Å². The Morgan fingerprint density at radius 2 is 2.25 bits per heavy atom. The number of benzene rings is 1. The van der Waals surface area contributed by atoms with E-state index in [4.69, 9.17) is 10.2 Å². The molecule has 1 heterocycles. The van der Waals surface area contributed by atoms with Gasteiger partial charge in [-0.05, 0) is 31.5 Å². The van der Waals surface area contributed by atoms with Gasteiger partial charge in [0.15, 0.2) is 5.58 Å². The Hall–Kier alpha value is -0.870. The van der Waals surface area contributed by atoms with Crippen LogP contribution in [0.25, 0.3) is 11.1 Å². The van der Waals surface area contributed by atoms with Crippen molar-refractivity contribution in [3.63, 3.8) is 0 Å². The maximum atomic E-state index is 5.79. The topological polar surface area (TPSA) is 52.0 Å². The smallest absolute Gasteiger partial charge is 0.202 e. The molecule has 2 rings (SSSR count). The SMILES string of the molecule is CCC(C)(CN)c1nc2cc(Br)ccc2o1. The average Bonchev–Trinajstić information content (AvgIpc) is 2.71. The number of halogens is 1. The van der Waals surface area contributed by atoms with Crippen molar-refractivity contribution in [3.8, 4) is 0 Å². The summed E-state index contributed by atoms with van der Waals surface area (Å²) in [7, 11) is 0. The normalized spacial score (nSPS) is 15.2. The van der Waals surface area contributed by atoms with Crippen molar-refractivity contribution in [3.05, 3.63) is 28.6 Å². The fraction of sp³-hybridized carbons (Fsp3) is 0.417. The minimum absolute atomic E-state index is 0.175. The molecule has 0 radical (unpaired) electrons. The van der Waals surface area contributed by atoms with Gasteiger partial charge < -0.3 is 10.2 Å². The van der Waals surface area contributed by atoms with Gasteiger partial charge in [-0.1, -0.05) is 22.9 Å². The van der Waals surface area contributed by atoms with Crippen molar-refractivity contribution in [2.45, 2.75) is 25.7 Å². The first-order valence-corrected chi connectivity index (χ1v) is 6.15. The van der Waals surface area contributed by atoms with Crippen LogP contribution in [-0.4, -0.2) is 11.5 Å². The van der Waals surface area contributed by atoms with Gasteiger partial charge in [0.25, 0.3) is 0 Å². The number of nitrogens with zero attached hydrogens (tertiary/aromatic N) is 1. The van der Waals surface area contributed by atoms with E-state index in [1.165, 1.54) is 0 Å². The predicted octanol–water partition coefficient (Wildman–Crippen LogP) is 3.22. The van der Waals surface area contributed by atoms with Gasteiger partial charge in [0.05, 0.1) is 5.41 Å². The van der Waals surface area contributed by atoms with E-state index >= 15 is 0 Å². The lowest BCUT2D eigenvalue weighted by Crippen LogP contribution is -2.31. The lowest BCUT2D eigenvalue weighted by atomic mass is 9.88. The maximum Gasteiger partial charge on any atom is 0.202 e. The molecule has 2 aromatic rings. The van der Waals surface area contributed by atoms with Crippen molar-refractivity contribution in [2.75, 3.05) is 6.54 Å². The van der Waals surface area contributed by atoms with Gasteiger partial charge in [0, 0.05) is 11.0 Å². The summed E-state index contributed by atoms with van der Waals surface area (Å²) in [5, 5.41) is 0. The van der Waals surface area contributed by atoms with Gasteiger partial charge in [-0.25, -0.2) is 4.98 Å². The Morgan fingerprint density at radius 1 is 1.50 bits per heavy atom. The first-order valence-electron chi connectivity index (χ1n) is 5.35. The van der Waals surface area contributed by atoms with Crippen LogP contribution in [0.1, 0.15) is 26.2 Å². The van der Waals surface area contributed by atoms with Crippen molar-refractivity contribution >= 4 is 27.0 Å². The Balaban J connectivity index is 2.54. The summed E-state index contributed by atoms with van der Waals surface area (Å²) in [6.07, 6.45) is 0.914. The molecule has 0 amide bonds. The summed E-state index contributed by atoms with van der Waals surface area (Å²) < 4.78 is 6.76. The number of hydrogen-bond acceptors (Lipinski definition) is 3. The predicted molar refractivity (Wildman–Crippen MR) is 68.4 cm³/mol. The Kier molecular flexibility index (Phi) is 3.04. The first-order chi connectivity index (χ1) is 7.59. The largest absolute Gasteiger partial charge is 0.440 e. The third kappa shape index (κ3) is 1.87. The molecule has 0 spiro atoms. The molecule has 0 aliphatic rings. The third-order valence-corrected chi connectivity index (χ3v) is 3.59. The number of rotatable bonds is 3. The number of fused-ring (bicyclic) bond motifs is 1. The summed E-state index contributed by atoms with van der Waals surface area (Å²) in [4.78, 5) is 4.51. The Morgan fingerprint density at radius 3 is 2.88 bits per heavy atom. The number of hydrogen-bond donors (Lipinski definition) is 1. The monoisotopic (exact) mass is 282 g/mol. The summed E-state index contributed by atoms with van der Waals surface area (Å²) in [6, 6.07) is 5.82. The fourth-order valence-corrected chi connectivity index (χ4v) is 1.89. The van der Waals surface area contributed by atoms with Crippen LogP contribution in [0, 0.1) is 0 Å². The quantitative estimate of drug-likeness (QED) is 0.941. The molecule has 0 fully saturated rings. The van der Waals surface area contributed by atoms with E-state index in [0.29, 0.717) is 6.54 Å². The second-order valence-electron chi connectivity index (χ2n) is 4.25. The standard InChI is InChI=1S/C12H15BrN2O/c1-3-12(2,7-14)11-15-9-6-8(13)4-5-10(9)16-11/h4-6H,3,7,14H2,1-2H3. The van der Waals surface area contributed by atoms with Crippen LogP contribution in [0.2, 0.25) is 0 Å². The van der Waals surface area contributed by atoms with Gasteiger partial charge in [0.1, 0.15) is 5.52 Å². The third-order valence-electron chi connectivity index (χ3n) is 3.10. The zero-order valence-electron chi connectivity index (χ0n) is 9.46. The summed E-state index contributed by atoms with van der Waals surface area (Å²) >= 11 is 3.42.